The number of amides is 1. The zero-order chi connectivity index (χ0) is 16.2. The monoisotopic (exact) mass is 357 g/mol. The first kappa shape index (κ1) is 17.5. The Morgan fingerprint density at radius 3 is 2.43 bits per heavy atom. The van der Waals surface area contributed by atoms with E-state index in [0.29, 0.717) is 15.8 Å². The molecule has 0 saturated carbocycles. The quantitative estimate of drug-likeness (QED) is 0.841. The minimum atomic E-state index is -0.741. The number of hydrogen-bond donors (Lipinski definition) is 1. The van der Waals surface area contributed by atoms with E-state index in [2.05, 4.69) is 21.2 Å². The first-order valence-electron chi connectivity index (χ1n) is 6.51. The van der Waals surface area contributed by atoms with Crippen LogP contribution in [0.25, 0.3) is 0 Å². The summed E-state index contributed by atoms with van der Waals surface area (Å²) in [6.07, 6.45) is 0. The van der Waals surface area contributed by atoms with Crippen molar-refractivity contribution >= 4 is 27.8 Å². The van der Waals surface area contributed by atoms with Gasteiger partial charge in [0.25, 0.3) is 5.91 Å². The van der Waals surface area contributed by atoms with Crippen LogP contribution < -0.4 is 10.1 Å². The van der Waals surface area contributed by atoms with Gasteiger partial charge in [-0.15, -0.1) is 0 Å². The van der Waals surface area contributed by atoms with E-state index in [-0.39, 0.29) is 5.91 Å². The van der Waals surface area contributed by atoms with Gasteiger partial charge in [0.2, 0.25) is 0 Å². The molecule has 1 rings (SSSR count). The second kappa shape index (κ2) is 6.93. The van der Waals surface area contributed by atoms with Gasteiger partial charge in [0.1, 0.15) is 17.4 Å². The Hall–Kier alpha value is -1.56. The van der Waals surface area contributed by atoms with Crippen molar-refractivity contribution in [2.45, 2.75) is 39.3 Å². The highest BCUT2D eigenvalue weighted by Crippen LogP contribution is 2.22. The van der Waals surface area contributed by atoms with E-state index >= 15 is 0 Å². The van der Waals surface area contributed by atoms with Crippen molar-refractivity contribution in [3.8, 4) is 5.75 Å². The van der Waals surface area contributed by atoms with Crippen molar-refractivity contribution in [1.82, 2.24) is 5.32 Å². The lowest BCUT2D eigenvalue weighted by Gasteiger charge is -2.22. The van der Waals surface area contributed by atoms with Gasteiger partial charge in [-0.2, -0.15) is 0 Å². The van der Waals surface area contributed by atoms with Gasteiger partial charge in [-0.25, -0.2) is 4.79 Å². The third kappa shape index (κ3) is 5.38. The summed E-state index contributed by atoms with van der Waals surface area (Å²) in [5.41, 5.74) is -0.197. The molecule has 1 amide bonds. The zero-order valence-corrected chi connectivity index (χ0v) is 14.4. The Labute approximate surface area is 133 Å². The summed E-state index contributed by atoms with van der Waals surface area (Å²) in [7, 11) is 1.52. The molecule has 0 aliphatic carbocycles. The van der Waals surface area contributed by atoms with Crippen LogP contribution in [0.5, 0.6) is 5.75 Å². The largest absolute Gasteiger partial charge is 0.497 e. The van der Waals surface area contributed by atoms with Crippen LogP contribution in [-0.2, 0) is 9.53 Å². The second-order valence-corrected chi connectivity index (χ2v) is 6.43. The number of hydrogen-bond acceptors (Lipinski definition) is 4. The maximum absolute atomic E-state index is 12.2. The molecule has 1 aromatic carbocycles. The van der Waals surface area contributed by atoms with Gasteiger partial charge in [-0.1, -0.05) is 0 Å². The molecule has 1 aromatic rings. The minimum absolute atomic E-state index is 0.376. The summed E-state index contributed by atoms with van der Waals surface area (Å²) in [5, 5.41) is 2.61. The molecular formula is C15H20BrNO4. The highest BCUT2D eigenvalue weighted by atomic mass is 79.9. The van der Waals surface area contributed by atoms with Crippen LogP contribution in [0.3, 0.4) is 0 Å². The van der Waals surface area contributed by atoms with Gasteiger partial charge in [0.15, 0.2) is 0 Å². The number of methoxy groups -OCH3 is 1. The smallest absolute Gasteiger partial charge is 0.328 e. The lowest BCUT2D eigenvalue weighted by molar-refractivity contribution is -0.156. The predicted octanol–water partition coefficient (Wildman–Crippen LogP) is 2.92. The van der Waals surface area contributed by atoms with Gasteiger partial charge >= 0.3 is 5.97 Å². The second-order valence-electron chi connectivity index (χ2n) is 5.57. The lowest BCUT2D eigenvalue weighted by atomic mass is 10.1. The number of nitrogens with one attached hydrogen (secondary N) is 1. The fourth-order valence-corrected chi connectivity index (χ4v) is 1.96. The zero-order valence-electron chi connectivity index (χ0n) is 12.8. The van der Waals surface area contributed by atoms with E-state index in [1.165, 1.54) is 7.11 Å². The van der Waals surface area contributed by atoms with Gasteiger partial charge in [0.05, 0.1) is 12.7 Å². The van der Waals surface area contributed by atoms with E-state index in [9.17, 15) is 9.59 Å². The van der Waals surface area contributed by atoms with E-state index < -0.39 is 17.6 Å². The van der Waals surface area contributed by atoms with Crippen LogP contribution >= 0.6 is 15.9 Å². The number of benzene rings is 1. The summed E-state index contributed by atoms with van der Waals surface area (Å²) >= 11 is 3.30. The van der Waals surface area contributed by atoms with Crippen molar-refractivity contribution in [1.29, 1.82) is 0 Å². The Bertz CT molecular complexity index is 537. The van der Waals surface area contributed by atoms with Crippen LogP contribution in [0.4, 0.5) is 0 Å². The van der Waals surface area contributed by atoms with Crippen LogP contribution in [0.1, 0.15) is 38.1 Å². The summed E-state index contributed by atoms with van der Waals surface area (Å²) in [6, 6.07) is 4.31. The Morgan fingerprint density at radius 2 is 1.90 bits per heavy atom. The molecule has 5 nitrogen and oxygen atoms in total. The maximum Gasteiger partial charge on any atom is 0.328 e. The highest BCUT2D eigenvalue weighted by Gasteiger charge is 2.24. The number of carbonyl (C=O) groups excluding carboxylic acids is 2. The normalized spacial score (nSPS) is 12.5. The first-order valence-corrected chi connectivity index (χ1v) is 7.30. The molecule has 116 valence electrons. The first-order chi connectivity index (χ1) is 9.64. The molecule has 0 aromatic heterocycles. The van der Waals surface area contributed by atoms with Crippen LogP contribution in [0, 0.1) is 0 Å². The number of halogens is 1. The van der Waals surface area contributed by atoms with E-state index in [1.54, 1.807) is 45.9 Å². The van der Waals surface area contributed by atoms with Gasteiger partial charge in [-0.05, 0) is 61.8 Å². The van der Waals surface area contributed by atoms with E-state index in [4.69, 9.17) is 9.47 Å². The predicted molar refractivity (Wildman–Crippen MR) is 83.5 cm³/mol. The average molecular weight is 358 g/mol. The van der Waals surface area contributed by atoms with Crippen LogP contribution in [0.2, 0.25) is 0 Å². The molecule has 0 fully saturated rings. The summed E-state index contributed by atoms with van der Waals surface area (Å²) in [6.45, 7) is 6.91. The molecule has 0 radical (unpaired) electrons. The number of rotatable bonds is 4. The maximum atomic E-state index is 12.2. The van der Waals surface area contributed by atoms with Crippen molar-refractivity contribution < 1.29 is 19.1 Å². The molecule has 0 unspecified atom stereocenters. The highest BCUT2D eigenvalue weighted by molar-refractivity contribution is 9.10. The molecule has 1 N–H and O–H groups in total. The Kier molecular flexibility index (Phi) is 5.78. The SMILES string of the molecule is COc1ccc(Br)c(C(=O)N[C@H](C)C(=O)OC(C)(C)C)c1. The van der Waals surface area contributed by atoms with E-state index in [1.807, 2.05) is 0 Å². The molecule has 21 heavy (non-hydrogen) atoms. The van der Waals surface area contributed by atoms with Gasteiger partial charge < -0.3 is 14.8 Å². The Morgan fingerprint density at radius 1 is 1.29 bits per heavy atom. The van der Waals surface area contributed by atoms with E-state index in [0.717, 1.165) is 0 Å². The molecule has 0 spiro atoms. The Balaban J connectivity index is 2.79. The van der Waals surface area contributed by atoms with Crippen molar-refractivity contribution in [3.05, 3.63) is 28.2 Å². The lowest BCUT2D eigenvalue weighted by Crippen LogP contribution is -2.42. The summed E-state index contributed by atoms with van der Waals surface area (Å²) < 4.78 is 10.9. The van der Waals surface area contributed by atoms with Crippen molar-refractivity contribution in [2.24, 2.45) is 0 Å². The molecule has 0 saturated heterocycles. The van der Waals surface area contributed by atoms with Crippen molar-refractivity contribution in [3.63, 3.8) is 0 Å². The number of carbonyl (C=O) groups is 2. The molecule has 1 atom stereocenters. The molecule has 0 bridgehead atoms. The average Bonchev–Trinajstić information content (AvgIpc) is 2.37. The molecule has 6 heteroatoms. The van der Waals surface area contributed by atoms with Crippen LogP contribution in [-0.4, -0.2) is 30.6 Å². The standard InChI is InChI=1S/C15H20BrNO4/c1-9(14(19)21-15(2,3)4)17-13(18)11-8-10(20-5)6-7-12(11)16/h6-9H,1-5H3,(H,17,18)/t9-/m1/s1. The fourth-order valence-electron chi connectivity index (χ4n) is 1.53. The third-order valence-corrected chi connectivity index (χ3v) is 3.22. The third-order valence-electron chi connectivity index (χ3n) is 2.53. The number of esters is 1. The fraction of sp³-hybridized carbons (Fsp3) is 0.467. The topological polar surface area (TPSA) is 64.6 Å². The van der Waals surface area contributed by atoms with Gasteiger partial charge in [-0.3, -0.25) is 4.79 Å². The molecule has 0 aliphatic heterocycles. The summed E-state index contributed by atoms with van der Waals surface area (Å²) in [4.78, 5) is 24.1. The molecule has 0 aliphatic rings. The van der Waals surface area contributed by atoms with Crippen molar-refractivity contribution in [2.75, 3.05) is 7.11 Å². The molecule has 0 heterocycles. The number of ether oxygens (including phenoxy) is 2. The minimum Gasteiger partial charge on any atom is -0.497 e. The van der Waals surface area contributed by atoms with Crippen LogP contribution in [0.15, 0.2) is 22.7 Å². The van der Waals surface area contributed by atoms with Gasteiger partial charge in [0, 0.05) is 4.47 Å². The molecular weight excluding hydrogens is 338 g/mol. The summed E-state index contributed by atoms with van der Waals surface area (Å²) in [5.74, 6) is -0.290.